The minimum absolute atomic E-state index is 0.0554. The predicted octanol–water partition coefficient (Wildman–Crippen LogP) is -0.227. The first-order valence-corrected chi connectivity index (χ1v) is 9.46. The van der Waals surface area contributed by atoms with Crippen LogP contribution in [0.3, 0.4) is 0 Å². The van der Waals surface area contributed by atoms with Gasteiger partial charge in [-0.05, 0) is 6.07 Å². The van der Waals surface area contributed by atoms with Gasteiger partial charge in [-0.2, -0.15) is 0 Å². The van der Waals surface area contributed by atoms with E-state index in [1.807, 2.05) is 0 Å². The van der Waals surface area contributed by atoms with E-state index in [1.54, 1.807) is 6.07 Å². The van der Waals surface area contributed by atoms with Crippen LogP contribution in [0, 0.1) is 0 Å². The molecule has 0 unspecified atom stereocenters. The summed E-state index contributed by atoms with van der Waals surface area (Å²) in [5, 5.41) is 42.9. The number of ether oxygens (including phenoxy) is 3. The van der Waals surface area contributed by atoms with Gasteiger partial charge in [0.1, 0.15) is 30.4 Å². The topological polar surface area (TPSA) is 164 Å². The lowest BCUT2D eigenvalue weighted by molar-refractivity contribution is -0.0511. The molecule has 0 radical (unpaired) electrons. The van der Waals surface area contributed by atoms with Crippen molar-refractivity contribution in [1.82, 2.24) is 19.5 Å². The maximum Gasteiger partial charge on any atom is 0.167 e. The van der Waals surface area contributed by atoms with Crippen LogP contribution >= 0.6 is 0 Å². The van der Waals surface area contributed by atoms with E-state index in [1.165, 1.54) is 37.5 Å². The second-order valence-electron chi connectivity index (χ2n) is 6.97. The molecule has 31 heavy (non-hydrogen) atoms. The number of aromatic hydroxyl groups is 1. The lowest BCUT2D eigenvalue weighted by Crippen LogP contribution is -2.33. The van der Waals surface area contributed by atoms with E-state index < -0.39 is 31.1 Å². The number of anilines is 1. The molecule has 1 aliphatic rings. The van der Waals surface area contributed by atoms with Crippen molar-refractivity contribution in [3.05, 3.63) is 30.4 Å². The van der Waals surface area contributed by atoms with Crippen molar-refractivity contribution in [1.29, 1.82) is 0 Å². The molecule has 3 heterocycles. The molecule has 5 N–H and O–H groups in total. The molecule has 4 rings (SSSR count). The Hall–Kier alpha value is -3.19. The fourth-order valence-electron chi connectivity index (χ4n) is 3.58. The molecule has 12 heteroatoms. The second-order valence-corrected chi connectivity index (χ2v) is 6.97. The molecule has 0 bridgehead atoms. The predicted molar refractivity (Wildman–Crippen MR) is 107 cm³/mol. The van der Waals surface area contributed by atoms with Crippen LogP contribution in [0.4, 0.5) is 5.82 Å². The number of aromatic nitrogens is 4. The van der Waals surface area contributed by atoms with Gasteiger partial charge in [0.2, 0.25) is 0 Å². The zero-order valence-corrected chi connectivity index (χ0v) is 16.8. The van der Waals surface area contributed by atoms with Gasteiger partial charge in [-0.25, -0.2) is 15.0 Å². The maximum atomic E-state index is 10.3. The van der Waals surface area contributed by atoms with Crippen molar-refractivity contribution in [3.63, 3.8) is 0 Å². The molecule has 0 spiro atoms. The summed E-state index contributed by atoms with van der Waals surface area (Å²) in [6.45, 7) is -0.195. The summed E-state index contributed by atoms with van der Waals surface area (Å²) >= 11 is 0. The molecule has 3 aromatic rings. The van der Waals surface area contributed by atoms with Crippen LogP contribution in [0.1, 0.15) is 11.8 Å². The van der Waals surface area contributed by atoms with Gasteiger partial charge in [-0.15, -0.1) is 0 Å². The van der Waals surface area contributed by atoms with Crippen LogP contribution in [0.5, 0.6) is 17.2 Å². The molecule has 1 saturated heterocycles. The lowest BCUT2D eigenvalue weighted by atomic mass is 10.1. The second kappa shape index (κ2) is 8.51. The third-order valence-electron chi connectivity index (χ3n) is 5.16. The third-order valence-corrected chi connectivity index (χ3v) is 5.16. The summed E-state index contributed by atoms with van der Waals surface area (Å²) in [5.74, 6) is 1.12. The van der Waals surface area contributed by atoms with Gasteiger partial charge in [0.25, 0.3) is 0 Å². The highest BCUT2D eigenvalue weighted by molar-refractivity contribution is 5.82. The zero-order valence-electron chi connectivity index (χ0n) is 16.8. The van der Waals surface area contributed by atoms with Crippen molar-refractivity contribution in [2.75, 3.05) is 26.1 Å². The number of rotatable bonds is 7. The number of nitrogens with zero attached hydrogens (tertiary/aromatic N) is 4. The number of fused-ring (bicyclic) bond motifs is 1. The van der Waals surface area contributed by atoms with Gasteiger partial charge in [0.15, 0.2) is 34.7 Å². The molecule has 2 aromatic heterocycles. The third kappa shape index (κ3) is 3.70. The Morgan fingerprint density at radius 3 is 2.61 bits per heavy atom. The van der Waals surface area contributed by atoms with E-state index in [4.69, 9.17) is 14.2 Å². The van der Waals surface area contributed by atoms with Gasteiger partial charge < -0.3 is 40.0 Å². The van der Waals surface area contributed by atoms with Crippen molar-refractivity contribution < 1.29 is 34.6 Å². The molecule has 4 atom stereocenters. The molecule has 1 aliphatic heterocycles. The standard InChI is InChI=1S/C19H23N5O7/c1-29-10-3-9(16(30-2)11(26)4-10)5-20-17-13-18(22-7-21-17)24(8-23-13)19-15(28)14(27)12(6-25)31-19/h3-4,7-8,12,14-15,19,25-28H,5-6H2,1-2H3,(H,20,21,22)/t12-,14-,15-,19-/m1/s1. The minimum atomic E-state index is -1.26. The average molecular weight is 433 g/mol. The van der Waals surface area contributed by atoms with Gasteiger partial charge in [-0.3, -0.25) is 4.57 Å². The number of imidazole rings is 1. The summed E-state index contributed by atoms with van der Waals surface area (Å²) in [7, 11) is 2.95. The first kappa shape index (κ1) is 21.1. The number of hydrogen-bond donors (Lipinski definition) is 5. The molecular weight excluding hydrogens is 410 g/mol. The van der Waals surface area contributed by atoms with Crippen LogP contribution in [-0.2, 0) is 11.3 Å². The van der Waals surface area contributed by atoms with Crippen molar-refractivity contribution in [2.45, 2.75) is 31.1 Å². The Morgan fingerprint density at radius 2 is 1.94 bits per heavy atom. The highest BCUT2D eigenvalue weighted by Gasteiger charge is 2.44. The van der Waals surface area contributed by atoms with Gasteiger partial charge >= 0.3 is 0 Å². The number of aliphatic hydroxyl groups excluding tert-OH is 3. The maximum absolute atomic E-state index is 10.3. The van der Waals surface area contributed by atoms with Gasteiger partial charge in [0.05, 0.1) is 27.2 Å². The highest BCUT2D eigenvalue weighted by Crippen LogP contribution is 2.36. The number of aliphatic hydroxyl groups is 3. The van der Waals surface area contributed by atoms with E-state index in [9.17, 15) is 20.4 Å². The number of hydrogen-bond acceptors (Lipinski definition) is 11. The van der Waals surface area contributed by atoms with Crippen LogP contribution < -0.4 is 14.8 Å². The molecule has 166 valence electrons. The van der Waals surface area contributed by atoms with E-state index in [0.717, 1.165) is 0 Å². The fourth-order valence-corrected chi connectivity index (χ4v) is 3.58. The summed E-state index contributed by atoms with van der Waals surface area (Å²) in [5.41, 5.74) is 1.41. The number of benzene rings is 1. The number of nitrogens with one attached hydrogen (secondary N) is 1. The molecule has 1 aromatic carbocycles. The van der Waals surface area contributed by atoms with Crippen molar-refractivity contribution in [2.24, 2.45) is 0 Å². The van der Waals surface area contributed by atoms with Gasteiger partial charge in [0, 0.05) is 18.2 Å². The Bertz CT molecular complexity index is 1080. The van der Waals surface area contributed by atoms with Crippen LogP contribution in [-0.4, -0.2) is 79.1 Å². The molecular formula is C19H23N5O7. The monoisotopic (exact) mass is 433 g/mol. The van der Waals surface area contributed by atoms with Crippen LogP contribution in [0.2, 0.25) is 0 Å². The Kier molecular flexibility index (Phi) is 5.78. The molecule has 12 nitrogen and oxygen atoms in total. The summed E-state index contributed by atoms with van der Waals surface area (Å²) < 4.78 is 17.5. The van der Waals surface area contributed by atoms with Crippen LogP contribution in [0.15, 0.2) is 24.8 Å². The molecule has 0 saturated carbocycles. The van der Waals surface area contributed by atoms with E-state index in [2.05, 4.69) is 20.3 Å². The first-order chi connectivity index (χ1) is 15.0. The minimum Gasteiger partial charge on any atom is -0.504 e. The Morgan fingerprint density at radius 1 is 1.13 bits per heavy atom. The molecule has 0 amide bonds. The number of phenols is 1. The Balaban J connectivity index is 1.62. The highest BCUT2D eigenvalue weighted by atomic mass is 16.6. The quantitative estimate of drug-likeness (QED) is 0.334. The van der Waals surface area contributed by atoms with Crippen LogP contribution in [0.25, 0.3) is 11.2 Å². The molecule has 1 fully saturated rings. The summed E-state index contributed by atoms with van der Waals surface area (Å²) in [4.78, 5) is 12.8. The summed E-state index contributed by atoms with van der Waals surface area (Å²) in [6, 6.07) is 3.18. The number of methoxy groups -OCH3 is 2. The van der Waals surface area contributed by atoms with Crippen molar-refractivity contribution in [3.8, 4) is 17.2 Å². The smallest absolute Gasteiger partial charge is 0.167 e. The first-order valence-electron chi connectivity index (χ1n) is 9.46. The average Bonchev–Trinajstić information content (AvgIpc) is 3.33. The van der Waals surface area contributed by atoms with E-state index >= 15 is 0 Å². The largest absolute Gasteiger partial charge is 0.504 e. The van der Waals surface area contributed by atoms with Crippen molar-refractivity contribution >= 4 is 17.0 Å². The van der Waals surface area contributed by atoms with E-state index in [-0.39, 0.29) is 12.3 Å². The Labute approximate surface area is 176 Å². The molecule has 0 aliphatic carbocycles. The lowest BCUT2D eigenvalue weighted by Gasteiger charge is -2.16. The normalized spacial score (nSPS) is 23.3. The van der Waals surface area contributed by atoms with E-state index in [0.29, 0.717) is 34.0 Å². The zero-order chi connectivity index (χ0) is 22.1. The number of phenolic OH excluding ortho intramolecular Hbond substituents is 1. The SMILES string of the molecule is COc1cc(O)c(OC)c(CNc2ncnc3c2ncn3[C@@H]2O[C@H](CO)[C@@H](O)[C@H]2O)c1. The summed E-state index contributed by atoms with van der Waals surface area (Å²) in [6.07, 6.45) is -1.63. The van der Waals surface area contributed by atoms with Gasteiger partial charge in [-0.1, -0.05) is 0 Å². The fraction of sp³-hybridized carbons (Fsp3) is 0.421.